The first kappa shape index (κ1) is 21.5. The largest absolute Gasteiger partial charge is 0.550 e. The number of aliphatic hydroxyl groups excluding tert-OH is 2. The van der Waals surface area contributed by atoms with E-state index in [2.05, 4.69) is 15.0 Å². The molecule has 4 rings (SSSR count). The molecule has 2 aromatic heterocycles. The minimum absolute atomic E-state index is 0.0763. The lowest BCUT2D eigenvalue weighted by Crippen LogP contribution is -2.37. The SMILES string of the molecule is Nc1ncnc2c1ncn2[C@@H]1O[C@H](C[S+](CCC(=O)[O-])Cc2ccccc2)C(O)[C@@H]1O. The second kappa shape index (κ2) is 9.18. The first-order valence-corrected chi connectivity index (χ1v) is 11.5. The van der Waals surface area contributed by atoms with Gasteiger partial charge in [0.15, 0.2) is 17.7 Å². The van der Waals surface area contributed by atoms with Crippen molar-refractivity contribution in [3.63, 3.8) is 0 Å². The number of carboxylic acids is 1. The van der Waals surface area contributed by atoms with Gasteiger partial charge in [-0.25, -0.2) is 15.0 Å². The minimum atomic E-state index is -1.21. The maximum absolute atomic E-state index is 11.0. The highest BCUT2D eigenvalue weighted by Crippen LogP contribution is 2.33. The molecular weight excluding hydrogens is 422 g/mol. The van der Waals surface area contributed by atoms with E-state index in [1.165, 1.54) is 17.2 Å². The number of benzene rings is 1. The van der Waals surface area contributed by atoms with E-state index in [9.17, 15) is 20.1 Å². The van der Waals surface area contributed by atoms with Crippen molar-refractivity contribution < 1.29 is 24.9 Å². The number of fused-ring (bicyclic) bond motifs is 1. The Bertz CT molecular complexity index is 1050. The summed E-state index contributed by atoms with van der Waals surface area (Å²) in [4.78, 5) is 23.3. The van der Waals surface area contributed by atoms with Crippen LogP contribution in [0.2, 0.25) is 0 Å². The van der Waals surface area contributed by atoms with Crippen LogP contribution in [0, 0.1) is 0 Å². The molecule has 164 valence electrons. The van der Waals surface area contributed by atoms with Gasteiger partial charge in [0.2, 0.25) is 0 Å². The maximum Gasteiger partial charge on any atom is 0.167 e. The third-order valence-corrected chi connectivity index (χ3v) is 7.53. The number of carbonyl (C=O) groups excluding carboxylic acids is 1. The number of aliphatic hydroxyl groups is 2. The van der Waals surface area contributed by atoms with Crippen LogP contribution < -0.4 is 10.8 Å². The summed E-state index contributed by atoms with van der Waals surface area (Å²) >= 11 is 0. The fourth-order valence-corrected chi connectivity index (χ4v) is 5.93. The molecule has 3 aromatic rings. The van der Waals surface area contributed by atoms with E-state index in [1.54, 1.807) is 0 Å². The van der Waals surface area contributed by atoms with Gasteiger partial charge in [0.05, 0.1) is 6.33 Å². The quantitative estimate of drug-likeness (QED) is 0.369. The molecule has 4 N–H and O–H groups in total. The molecule has 1 fully saturated rings. The number of rotatable bonds is 8. The molecular formula is C20H23N5O5S. The number of imidazole rings is 1. The van der Waals surface area contributed by atoms with Crippen molar-refractivity contribution in [2.24, 2.45) is 0 Å². The van der Waals surface area contributed by atoms with E-state index in [1.807, 2.05) is 30.3 Å². The lowest BCUT2D eigenvalue weighted by Gasteiger charge is -2.17. The normalized spacial score (nSPS) is 24.5. The molecule has 2 unspecified atom stereocenters. The van der Waals surface area contributed by atoms with Crippen molar-refractivity contribution >= 4 is 33.8 Å². The molecule has 1 aliphatic rings. The zero-order chi connectivity index (χ0) is 22.0. The summed E-state index contributed by atoms with van der Waals surface area (Å²) < 4.78 is 7.54. The molecule has 31 heavy (non-hydrogen) atoms. The highest BCUT2D eigenvalue weighted by Gasteiger charge is 2.47. The molecule has 0 saturated carbocycles. The zero-order valence-corrected chi connectivity index (χ0v) is 17.4. The highest BCUT2D eigenvalue weighted by atomic mass is 32.2. The topological polar surface area (TPSA) is 159 Å². The number of carboxylic acid groups (broad SMARTS) is 1. The average Bonchev–Trinajstić information content (AvgIpc) is 3.30. The predicted molar refractivity (Wildman–Crippen MR) is 113 cm³/mol. The van der Waals surface area contributed by atoms with Gasteiger partial charge in [-0.1, -0.05) is 30.3 Å². The molecule has 5 atom stereocenters. The van der Waals surface area contributed by atoms with Gasteiger partial charge in [0.25, 0.3) is 0 Å². The van der Waals surface area contributed by atoms with Gasteiger partial charge in [-0.3, -0.25) is 4.57 Å². The lowest BCUT2D eigenvalue weighted by atomic mass is 10.1. The Balaban J connectivity index is 1.52. The van der Waals surface area contributed by atoms with Gasteiger partial charge in [-0.2, -0.15) is 0 Å². The van der Waals surface area contributed by atoms with Crippen molar-refractivity contribution in [3.05, 3.63) is 48.5 Å². The van der Waals surface area contributed by atoms with Gasteiger partial charge in [-0.15, -0.1) is 0 Å². The molecule has 0 bridgehead atoms. The van der Waals surface area contributed by atoms with E-state index in [4.69, 9.17) is 10.5 Å². The summed E-state index contributed by atoms with van der Waals surface area (Å²) in [6, 6.07) is 9.72. The molecule has 11 heteroatoms. The van der Waals surface area contributed by atoms with Crippen molar-refractivity contribution in [2.45, 2.75) is 36.7 Å². The number of hydrogen-bond acceptors (Lipinski definition) is 9. The first-order chi connectivity index (χ1) is 14.9. The van der Waals surface area contributed by atoms with Crippen molar-refractivity contribution in [3.8, 4) is 0 Å². The number of aliphatic carboxylic acids is 1. The van der Waals surface area contributed by atoms with Crippen molar-refractivity contribution in [1.29, 1.82) is 0 Å². The molecule has 1 saturated heterocycles. The number of ether oxygens (including phenoxy) is 1. The van der Waals surface area contributed by atoms with E-state index in [0.29, 0.717) is 28.4 Å². The Kier molecular flexibility index (Phi) is 6.37. The van der Waals surface area contributed by atoms with Crippen LogP contribution in [0.25, 0.3) is 11.2 Å². The van der Waals surface area contributed by atoms with Crippen LogP contribution in [0.15, 0.2) is 43.0 Å². The van der Waals surface area contributed by atoms with Crippen LogP contribution in [0.1, 0.15) is 18.2 Å². The van der Waals surface area contributed by atoms with Gasteiger partial charge in [0, 0.05) is 18.0 Å². The Morgan fingerprint density at radius 2 is 1.97 bits per heavy atom. The van der Waals surface area contributed by atoms with E-state index in [-0.39, 0.29) is 12.2 Å². The summed E-state index contributed by atoms with van der Waals surface area (Å²) in [6.07, 6.45) is -1.26. The fraction of sp³-hybridized carbons (Fsp3) is 0.400. The van der Waals surface area contributed by atoms with E-state index < -0.39 is 41.4 Å². The molecule has 3 heterocycles. The Morgan fingerprint density at radius 3 is 2.71 bits per heavy atom. The molecule has 10 nitrogen and oxygen atoms in total. The van der Waals surface area contributed by atoms with Gasteiger partial charge >= 0.3 is 0 Å². The highest BCUT2D eigenvalue weighted by molar-refractivity contribution is 7.96. The van der Waals surface area contributed by atoms with E-state index >= 15 is 0 Å². The van der Waals surface area contributed by atoms with Crippen LogP contribution in [0.5, 0.6) is 0 Å². The average molecular weight is 446 g/mol. The molecule has 0 radical (unpaired) electrons. The Morgan fingerprint density at radius 1 is 1.19 bits per heavy atom. The summed E-state index contributed by atoms with van der Waals surface area (Å²) in [6.45, 7) is 0. The molecule has 1 aliphatic heterocycles. The smallest absolute Gasteiger partial charge is 0.167 e. The lowest BCUT2D eigenvalue weighted by molar-refractivity contribution is -0.305. The summed E-state index contributed by atoms with van der Waals surface area (Å²) in [5.74, 6) is 0.556. The summed E-state index contributed by atoms with van der Waals surface area (Å²) in [7, 11) is -0.401. The second-order valence-electron chi connectivity index (χ2n) is 7.36. The van der Waals surface area contributed by atoms with Gasteiger partial charge in [-0.05, 0) is 10.9 Å². The second-order valence-corrected chi connectivity index (χ2v) is 9.62. The van der Waals surface area contributed by atoms with E-state index in [0.717, 1.165) is 5.56 Å². The van der Waals surface area contributed by atoms with Crippen LogP contribution in [0.3, 0.4) is 0 Å². The first-order valence-electron chi connectivity index (χ1n) is 9.76. The third-order valence-electron chi connectivity index (χ3n) is 5.21. The van der Waals surface area contributed by atoms with Gasteiger partial charge in [0.1, 0.15) is 47.4 Å². The monoisotopic (exact) mass is 445 g/mol. The predicted octanol–water partition coefficient (Wildman–Crippen LogP) is -1.01. The van der Waals surface area contributed by atoms with Crippen LogP contribution in [0.4, 0.5) is 5.82 Å². The molecule has 0 amide bonds. The number of hydrogen-bond donors (Lipinski definition) is 3. The maximum atomic E-state index is 11.0. The number of nitrogens with zero attached hydrogens (tertiary/aromatic N) is 4. The number of aromatic nitrogens is 4. The zero-order valence-electron chi connectivity index (χ0n) is 16.6. The van der Waals surface area contributed by atoms with Crippen LogP contribution >= 0.6 is 0 Å². The number of nitrogen functional groups attached to an aromatic ring is 1. The van der Waals surface area contributed by atoms with Crippen LogP contribution in [-0.2, 0) is 26.2 Å². The minimum Gasteiger partial charge on any atom is -0.550 e. The summed E-state index contributed by atoms with van der Waals surface area (Å²) in [5, 5.41) is 32.3. The Hall–Kier alpha value is -2.73. The molecule has 0 aliphatic carbocycles. The molecule has 0 spiro atoms. The number of nitrogens with two attached hydrogens (primary N) is 1. The van der Waals surface area contributed by atoms with Gasteiger partial charge < -0.3 is 30.6 Å². The Labute approximate surface area is 181 Å². The standard InChI is InChI=1S/C20H23N5O5S/c21-18-15-19(23-10-22-18)25(11-24-15)20-17(29)16(28)13(30-20)9-31(7-6-14(26)27)8-12-4-2-1-3-5-12/h1-5,10-11,13,16-17,20,28-29H,6-9H2,(H2-,21,22,23,26,27)/t13-,16?,17+,20-,31?/m1/s1. The molecule has 1 aromatic carbocycles. The summed E-state index contributed by atoms with van der Waals surface area (Å²) in [5.41, 5.74) is 7.67. The number of anilines is 1. The van der Waals surface area contributed by atoms with Crippen molar-refractivity contribution in [2.75, 3.05) is 17.2 Å². The number of carbonyl (C=O) groups is 1. The van der Waals surface area contributed by atoms with Crippen LogP contribution in [-0.4, -0.2) is 65.5 Å². The van der Waals surface area contributed by atoms with Crippen molar-refractivity contribution in [1.82, 2.24) is 19.5 Å². The third kappa shape index (κ3) is 4.64. The fourth-order valence-electron chi connectivity index (χ4n) is 3.64.